The topological polar surface area (TPSA) is 26.0 Å². The Labute approximate surface area is 73.5 Å². The van der Waals surface area contributed by atoms with Gasteiger partial charge in [0.05, 0.1) is 0 Å². The van der Waals surface area contributed by atoms with Gasteiger partial charge in [0.1, 0.15) is 0 Å². The predicted octanol–water partition coefficient (Wildman–Crippen LogP) is 2.04. The molecule has 10 heavy (non-hydrogen) atoms. The maximum absolute atomic E-state index is 5.39. The Hall–Kier alpha value is 0.600. The van der Waals surface area contributed by atoms with E-state index in [1.54, 1.807) is 0 Å². The maximum Gasteiger partial charge on any atom is 0.00586 e. The van der Waals surface area contributed by atoms with Gasteiger partial charge in [-0.3, -0.25) is 0 Å². The SMILES string of the molecule is Cl.NCCSC1CCCC1. The number of halogens is 1. The van der Waals surface area contributed by atoms with Crippen molar-refractivity contribution in [2.24, 2.45) is 5.73 Å². The first kappa shape index (κ1) is 10.6. The molecule has 1 rings (SSSR count). The summed E-state index contributed by atoms with van der Waals surface area (Å²) in [5.41, 5.74) is 5.39. The van der Waals surface area contributed by atoms with Crippen LogP contribution in [0.5, 0.6) is 0 Å². The van der Waals surface area contributed by atoms with Crippen LogP contribution in [-0.2, 0) is 0 Å². The van der Waals surface area contributed by atoms with E-state index in [-0.39, 0.29) is 12.4 Å². The lowest BCUT2D eigenvalue weighted by molar-refractivity contribution is 0.886. The van der Waals surface area contributed by atoms with Gasteiger partial charge in [0.15, 0.2) is 0 Å². The first-order valence-corrected chi connectivity index (χ1v) is 4.80. The van der Waals surface area contributed by atoms with Crippen molar-refractivity contribution in [1.82, 2.24) is 0 Å². The first-order chi connectivity index (χ1) is 4.43. The van der Waals surface area contributed by atoms with Gasteiger partial charge < -0.3 is 5.73 Å². The van der Waals surface area contributed by atoms with Gasteiger partial charge in [0.25, 0.3) is 0 Å². The van der Waals surface area contributed by atoms with Crippen molar-refractivity contribution >= 4 is 24.2 Å². The zero-order valence-electron chi connectivity index (χ0n) is 6.21. The summed E-state index contributed by atoms with van der Waals surface area (Å²) < 4.78 is 0. The van der Waals surface area contributed by atoms with Crippen molar-refractivity contribution in [3.05, 3.63) is 0 Å². The maximum atomic E-state index is 5.39. The van der Waals surface area contributed by atoms with Gasteiger partial charge in [-0.1, -0.05) is 12.8 Å². The minimum absolute atomic E-state index is 0. The van der Waals surface area contributed by atoms with E-state index in [0.717, 1.165) is 17.5 Å². The molecule has 1 aliphatic rings. The quantitative estimate of drug-likeness (QED) is 0.722. The Morgan fingerprint density at radius 1 is 1.30 bits per heavy atom. The molecule has 1 fully saturated rings. The Kier molecular flexibility index (Phi) is 6.70. The fourth-order valence-electron chi connectivity index (χ4n) is 1.29. The van der Waals surface area contributed by atoms with Crippen LogP contribution in [0, 0.1) is 0 Å². The average molecular weight is 182 g/mol. The highest BCUT2D eigenvalue weighted by Gasteiger charge is 2.13. The van der Waals surface area contributed by atoms with Crippen LogP contribution in [0.15, 0.2) is 0 Å². The lowest BCUT2D eigenvalue weighted by Crippen LogP contribution is -2.05. The molecule has 0 heterocycles. The first-order valence-electron chi connectivity index (χ1n) is 3.75. The third-order valence-corrected chi connectivity index (χ3v) is 3.19. The van der Waals surface area contributed by atoms with Gasteiger partial charge in [0, 0.05) is 17.5 Å². The largest absolute Gasteiger partial charge is 0.330 e. The van der Waals surface area contributed by atoms with Crippen LogP contribution in [0.2, 0.25) is 0 Å². The molecule has 0 aromatic carbocycles. The molecule has 0 aromatic rings. The summed E-state index contributed by atoms with van der Waals surface area (Å²) >= 11 is 2.06. The second-order valence-corrected chi connectivity index (χ2v) is 3.97. The molecule has 0 saturated heterocycles. The fourth-order valence-corrected chi connectivity index (χ4v) is 2.43. The van der Waals surface area contributed by atoms with E-state index in [4.69, 9.17) is 5.73 Å². The van der Waals surface area contributed by atoms with E-state index in [2.05, 4.69) is 11.8 Å². The van der Waals surface area contributed by atoms with Crippen LogP contribution in [0.25, 0.3) is 0 Å². The van der Waals surface area contributed by atoms with E-state index in [1.165, 1.54) is 25.7 Å². The van der Waals surface area contributed by atoms with E-state index >= 15 is 0 Å². The zero-order valence-corrected chi connectivity index (χ0v) is 7.85. The Morgan fingerprint density at radius 2 is 1.90 bits per heavy atom. The molecule has 0 atom stereocenters. The van der Waals surface area contributed by atoms with Crippen LogP contribution in [0.1, 0.15) is 25.7 Å². The van der Waals surface area contributed by atoms with Crippen molar-refractivity contribution < 1.29 is 0 Å². The molecule has 2 N–H and O–H groups in total. The van der Waals surface area contributed by atoms with Crippen molar-refractivity contribution in [2.45, 2.75) is 30.9 Å². The molecule has 0 bridgehead atoms. The zero-order chi connectivity index (χ0) is 6.53. The number of hydrogen-bond donors (Lipinski definition) is 1. The van der Waals surface area contributed by atoms with E-state index < -0.39 is 0 Å². The summed E-state index contributed by atoms with van der Waals surface area (Å²) in [4.78, 5) is 0. The lowest BCUT2D eigenvalue weighted by Gasteiger charge is -2.05. The van der Waals surface area contributed by atoms with Crippen LogP contribution in [0.3, 0.4) is 0 Å². The molecular weight excluding hydrogens is 166 g/mol. The predicted molar refractivity (Wildman–Crippen MR) is 51.0 cm³/mol. The highest BCUT2D eigenvalue weighted by molar-refractivity contribution is 7.99. The Bertz CT molecular complexity index is 74.0. The number of rotatable bonds is 3. The Morgan fingerprint density at radius 3 is 2.40 bits per heavy atom. The highest BCUT2D eigenvalue weighted by atomic mass is 35.5. The summed E-state index contributed by atoms with van der Waals surface area (Å²) in [5.74, 6) is 1.16. The van der Waals surface area contributed by atoms with E-state index in [9.17, 15) is 0 Å². The summed E-state index contributed by atoms with van der Waals surface area (Å²) in [5, 5.41) is 0.952. The number of hydrogen-bond acceptors (Lipinski definition) is 2. The van der Waals surface area contributed by atoms with Gasteiger partial charge in [-0.2, -0.15) is 11.8 Å². The van der Waals surface area contributed by atoms with Crippen LogP contribution in [-0.4, -0.2) is 17.5 Å². The molecule has 0 aliphatic heterocycles. The molecule has 0 spiro atoms. The third-order valence-electron chi connectivity index (χ3n) is 1.77. The lowest BCUT2D eigenvalue weighted by atomic mass is 10.4. The second kappa shape index (κ2) is 6.32. The summed E-state index contributed by atoms with van der Waals surface area (Å²) in [6, 6.07) is 0. The molecule has 1 saturated carbocycles. The van der Waals surface area contributed by atoms with Crippen molar-refractivity contribution in [2.75, 3.05) is 12.3 Å². The number of thioether (sulfide) groups is 1. The molecule has 1 aliphatic carbocycles. The molecule has 0 aromatic heterocycles. The van der Waals surface area contributed by atoms with Gasteiger partial charge in [-0.15, -0.1) is 12.4 Å². The molecular formula is C7H16ClNS. The van der Waals surface area contributed by atoms with Gasteiger partial charge >= 0.3 is 0 Å². The normalized spacial score (nSPS) is 18.9. The average Bonchev–Trinajstić information content (AvgIpc) is 2.34. The van der Waals surface area contributed by atoms with E-state index in [1.807, 2.05) is 0 Å². The van der Waals surface area contributed by atoms with E-state index in [0.29, 0.717) is 0 Å². The molecule has 3 heteroatoms. The highest BCUT2D eigenvalue weighted by Crippen LogP contribution is 2.28. The van der Waals surface area contributed by atoms with Crippen molar-refractivity contribution in [1.29, 1.82) is 0 Å². The third kappa shape index (κ3) is 3.69. The fraction of sp³-hybridized carbons (Fsp3) is 1.00. The molecule has 0 radical (unpaired) electrons. The van der Waals surface area contributed by atoms with Gasteiger partial charge in [0.2, 0.25) is 0 Å². The van der Waals surface area contributed by atoms with Crippen LogP contribution < -0.4 is 5.73 Å². The molecule has 0 unspecified atom stereocenters. The van der Waals surface area contributed by atoms with Gasteiger partial charge in [-0.05, 0) is 12.8 Å². The van der Waals surface area contributed by atoms with Crippen LogP contribution in [0.4, 0.5) is 0 Å². The minimum atomic E-state index is 0. The number of nitrogens with two attached hydrogens (primary N) is 1. The molecule has 0 amide bonds. The smallest absolute Gasteiger partial charge is 0.00586 e. The minimum Gasteiger partial charge on any atom is -0.330 e. The summed E-state index contributed by atoms with van der Waals surface area (Å²) in [6.07, 6.45) is 5.76. The van der Waals surface area contributed by atoms with Crippen molar-refractivity contribution in [3.8, 4) is 0 Å². The molecule has 1 nitrogen and oxygen atoms in total. The summed E-state index contributed by atoms with van der Waals surface area (Å²) in [7, 11) is 0. The second-order valence-electron chi connectivity index (χ2n) is 2.57. The van der Waals surface area contributed by atoms with Crippen LogP contribution >= 0.6 is 24.2 Å². The standard InChI is InChI=1S/C7H15NS.ClH/c8-5-6-9-7-3-1-2-4-7;/h7H,1-6,8H2;1H. The summed E-state index contributed by atoms with van der Waals surface area (Å²) in [6.45, 7) is 0.848. The molecule has 62 valence electrons. The Balaban J connectivity index is 0.000000810. The van der Waals surface area contributed by atoms with Crippen molar-refractivity contribution in [3.63, 3.8) is 0 Å². The van der Waals surface area contributed by atoms with Gasteiger partial charge in [-0.25, -0.2) is 0 Å². The monoisotopic (exact) mass is 181 g/mol.